The maximum absolute atomic E-state index is 13.7. The third-order valence-corrected chi connectivity index (χ3v) is 4.11. The molecule has 1 aliphatic rings. The molecule has 2 nitrogen and oxygen atoms in total. The first-order valence-electron chi connectivity index (χ1n) is 6.80. The summed E-state index contributed by atoms with van der Waals surface area (Å²) in [5.74, 6) is 0.661. The van der Waals surface area contributed by atoms with Gasteiger partial charge in [-0.3, -0.25) is 4.90 Å². The van der Waals surface area contributed by atoms with Crippen LogP contribution in [0.1, 0.15) is 38.2 Å². The Balaban J connectivity index is 1.96. The minimum Gasteiger partial charge on any atom is -0.399 e. The zero-order valence-electron chi connectivity index (χ0n) is 11.3. The van der Waals surface area contributed by atoms with Crippen molar-refractivity contribution in [3.63, 3.8) is 0 Å². The normalized spacial score (nSPS) is 24.4. The summed E-state index contributed by atoms with van der Waals surface area (Å²) >= 11 is 0. The van der Waals surface area contributed by atoms with Gasteiger partial charge in [-0.1, -0.05) is 13.0 Å². The summed E-state index contributed by atoms with van der Waals surface area (Å²) in [6.45, 7) is 2.99. The molecule has 1 fully saturated rings. The summed E-state index contributed by atoms with van der Waals surface area (Å²) < 4.78 is 13.7. The first-order chi connectivity index (χ1) is 8.56. The molecular weight excluding hydrogens is 227 g/mol. The maximum atomic E-state index is 13.7. The Hall–Kier alpha value is -1.09. The largest absolute Gasteiger partial charge is 0.399 e. The van der Waals surface area contributed by atoms with Crippen LogP contribution in [0.3, 0.4) is 0 Å². The van der Waals surface area contributed by atoms with E-state index >= 15 is 0 Å². The third-order valence-electron chi connectivity index (χ3n) is 4.11. The van der Waals surface area contributed by atoms with Crippen LogP contribution in [0.2, 0.25) is 0 Å². The van der Waals surface area contributed by atoms with Gasteiger partial charge in [-0.15, -0.1) is 0 Å². The lowest BCUT2D eigenvalue weighted by atomic mass is 9.86. The Kier molecular flexibility index (Phi) is 4.23. The first kappa shape index (κ1) is 13.3. The quantitative estimate of drug-likeness (QED) is 0.833. The fraction of sp³-hybridized carbons (Fsp3) is 0.600. The summed E-state index contributed by atoms with van der Waals surface area (Å²) in [6.07, 6.45) is 5.04. The molecule has 0 saturated heterocycles. The number of hydrogen-bond acceptors (Lipinski definition) is 2. The fourth-order valence-electron chi connectivity index (χ4n) is 2.77. The number of rotatable bonds is 3. The van der Waals surface area contributed by atoms with Gasteiger partial charge in [0.1, 0.15) is 5.82 Å². The molecular formula is C15H23FN2. The van der Waals surface area contributed by atoms with Crippen LogP contribution in [0.15, 0.2) is 18.2 Å². The Morgan fingerprint density at radius 3 is 2.56 bits per heavy atom. The minimum absolute atomic E-state index is 0.189. The average Bonchev–Trinajstić information content (AvgIpc) is 2.33. The lowest BCUT2D eigenvalue weighted by Crippen LogP contribution is -2.34. The van der Waals surface area contributed by atoms with Crippen LogP contribution in [0.5, 0.6) is 0 Å². The van der Waals surface area contributed by atoms with Crippen molar-refractivity contribution in [2.24, 2.45) is 5.92 Å². The van der Waals surface area contributed by atoms with Crippen LogP contribution in [0.4, 0.5) is 10.1 Å². The molecule has 1 aromatic carbocycles. The van der Waals surface area contributed by atoms with E-state index < -0.39 is 0 Å². The zero-order chi connectivity index (χ0) is 13.1. The van der Waals surface area contributed by atoms with Crippen molar-refractivity contribution in [1.82, 2.24) is 4.90 Å². The van der Waals surface area contributed by atoms with Crippen molar-refractivity contribution < 1.29 is 4.39 Å². The van der Waals surface area contributed by atoms with E-state index in [-0.39, 0.29) is 5.82 Å². The second-order valence-corrected chi connectivity index (χ2v) is 5.68. The van der Waals surface area contributed by atoms with Gasteiger partial charge in [0.15, 0.2) is 0 Å². The zero-order valence-corrected chi connectivity index (χ0v) is 11.3. The molecule has 0 amide bonds. The fourth-order valence-corrected chi connectivity index (χ4v) is 2.77. The van der Waals surface area contributed by atoms with E-state index in [2.05, 4.69) is 18.9 Å². The highest BCUT2D eigenvalue weighted by Gasteiger charge is 2.22. The van der Waals surface area contributed by atoms with Gasteiger partial charge >= 0.3 is 0 Å². The van der Waals surface area contributed by atoms with Crippen molar-refractivity contribution in [3.05, 3.63) is 29.6 Å². The molecule has 2 N–H and O–H groups in total. The van der Waals surface area contributed by atoms with E-state index in [9.17, 15) is 4.39 Å². The van der Waals surface area contributed by atoms with Crippen LogP contribution in [0, 0.1) is 11.7 Å². The van der Waals surface area contributed by atoms with Gasteiger partial charge in [-0.05, 0) is 50.8 Å². The molecule has 1 aliphatic carbocycles. The van der Waals surface area contributed by atoms with Gasteiger partial charge in [0.2, 0.25) is 0 Å². The van der Waals surface area contributed by atoms with E-state index in [0.29, 0.717) is 18.3 Å². The highest BCUT2D eigenvalue weighted by atomic mass is 19.1. The Bertz CT molecular complexity index is 397. The van der Waals surface area contributed by atoms with Crippen molar-refractivity contribution in [2.45, 2.75) is 45.2 Å². The van der Waals surface area contributed by atoms with Crippen LogP contribution in [0.25, 0.3) is 0 Å². The number of nitrogens with zero attached hydrogens (tertiary/aromatic N) is 1. The second kappa shape index (κ2) is 5.70. The van der Waals surface area contributed by atoms with Crippen LogP contribution < -0.4 is 5.73 Å². The van der Waals surface area contributed by atoms with E-state index in [1.807, 2.05) is 0 Å². The Morgan fingerprint density at radius 2 is 1.94 bits per heavy atom. The van der Waals surface area contributed by atoms with E-state index in [1.54, 1.807) is 12.1 Å². The van der Waals surface area contributed by atoms with Gasteiger partial charge < -0.3 is 5.73 Å². The molecule has 2 rings (SSSR count). The van der Waals surface area contributed by atoms with Gasteiger partial charge in [-0.2, -0.15) is 0 Å². The first-order valence-corrected chi connectivity index (χ1v) is 6.80. The topological polar surface area (TPSA) is 29.3 Å². The standard InChI is InChI=1S/C15H23FN2/c1-11-3-7-14(8-4-11)18(2)10-12-5-6-13(17)9-15(12)16/h5-6,9,11,14H,3-4,7-8,10,17H2,1-2H3. The molecule has 0 unspecified atom stereocenters. The minimum atomic E-state index is -0.189. The summed E-state index contributed by atoms with van der Waals surface area (Å²) in [4.78, 5) is 2.28. The van der Waals surface area contributed by atoms with Crippen LogP contribution in [-0.2, 0) is 6.54 Å². The molecule has 1 saturated carbocycles. The predicted octanol–water partition coefficient (Wildman–Crippen LogP) is 3.42. The van der Waals surface area contributed by atoms with Crippen LogP contribution in [-0.4, -0.2) is 18.0 Å². The molecule has 0 atom stereocenters. The number of hydrogen-bond donors (Lipinski definition) is 1. The predicted molar refractivity (Wildman–Crippen MR) is 73.7 cm³/mol. The van der Waals surface area contributed by atoms with E-state index in [0.717, 1.165) is 11.5 Å². The molecule has 1 aromatic rings. The molecule has 0 spiro atoms. The highest BCUT2D eigenvalue weighted by molar-refractivity contribution is 5.40. The third kappa shape index (κ3) is 3.22. The molecule has 100 valence electrons. The SMILES string of the molecule is CC1CCC(N(C)Cc2ccc(N)cc2F)CC1. The number of nitrogen functional groups attached to an aromatic ring is 1. The van der Waals surface area contributed by atoms with Crippen molar-refractivity contribution in [1.29, 1.82) is 0 Å². The van der Waals surface area contributed by atoms with E-state index in [4.69, 9.17) is 5.73 Å². The molecule has 0 aliphatic heterocycles. The van der Waals surface area contributed by atoms with Gasteiger partial charge in [0.05, 0.1) is 0 Å². The molecule has 0 radical (unpaired) electrons. The molecule has 18 heavy (non-hydrogen) atoms. The number of benzene rings is 1. The van der Waals surface area contributed by atoms with Crippen molar-refractivity contribution in [3.8, 4) is 0 Å². The number of halogens is 1. The van der Waals surface area contributed by atoms with Crippen molar-refractivity contribution in [2.75, 3.05) is 12.8 Å². The maximum Gasteiger partial charge on any atom is 0.129 e. The molecule has 0 bridgehead atoms. The summed E-state index contributed by atoms with van der Waals surface area (Å²) in [6, 6.07) is 5.58. The second-order valence-electron chi connectivity index (χ2n) is 5.68. The highest BCUT2D eigenvalue weighted by Crippen LogP contribution is 2.27. The summed E-state index contributed by atoms with van der Waals surface area (Å²) in [7, 11) is 2.09. The van der Waals surface area contributed by atoms with Gasteiger partial charge in [0.25, 0.3) is 0 Å². The summed E-state index contributed by atoms with van der Waals surface area (Å²) in [5.41, 5.74) is 6.79. The van der Waals surface area contributed by atoms with Gasteiger partial charge in [-0.25, -0.2) is 4.39 Å². The number of nitrogens with two attached hydrogens (primary N) is 1. The molecule has 0 aromatic heterocycles. The monoisotopic (exact) mass is 250 g/mol. The number of anilines is 1. The molecule has 0 heterocycles. The van der Waals surface area contributed by atoms with Crippen LogP contribution >= 0.6 is 0 Å². The van der Waals surface area contributed by atoms with E-state index in [1.165, 1.54) is 31.7 Å². The van der Waals surface area contributed by atoms with Gasteiger partial charge in [0, 0.05) is 23.8 Å². The Morgan fingerprint density at radius 1 is 1.28 bits per heavy atom. The smallest absolute Gasteiger partial charge is 0.129 e. The summed E-state index contributed by atoms with van der Waals surface area (Å²) in [5, 5.41) is 0. The average molecular weight is 250 g/mol. The Labute approximate surface area is 109 Å². The van der Waals surface area contributed by atoms with Crippen molar-refractivity contribution >= 4 is 5.69 Å². The lowest BCUT2D eigenvalue weighted by molar-refractivity contribution is 0.162. The molecule has 3 heteroatoms. The lowest BCUT2D eigenvalue weighted by Gasteiger charge is -2.33.